The summed E-state index contributed by atoms with van der Waals surface area (Å²) in [5, 5.41) is 3.16. The molecule has 0 heterocycles. The lowest BCUT2D eigenvalue weighted by Gasteiger charge is -2.06. The van der Waals surface area contributed by atoms with Crippen molar-refractivity contribution in [2.24, 2.45) is 0 Å². The van der Waals surface area contributed by atoms with Crippen LogP contribution in [0.1, 0.15) is 12.5 Å². The van der Waals surface area contributed by atoms with Crippen molar-refractivity contribution in [3.05, 3.63) is 42.1 Å². The maximum Gasteiger partial charge on any atom is 0.119 e. The molecule has 0 saturated heterocycles. The Hall–Kier alpha value is -1.44. The van der Waals surface area contributed by atoms with Gasteiger partial charge in [-0.2, -0.15) is 0 Å². The highest BCUT2D eigenvalue weighted by molar-refractivity contribution is 5.28. The van der Waals surface area contributed by atoms with E-state index in [1.807, 2.05) is 25.1 Å². The zero-order valence-corrected chi connectivity index (χ0v) is 8.13. The highest BCUT2D eigenvalue weighted by atomic mass is 16.5. The van der Waals surface area contributed by atoms with E-state index < -0.39 is 0 Å². The van der Waals surface area contributed by atoms with Crippen LogP contribution in [0.5, 0.6) is 5.75 Å². The molecule has 13 heavy (non-hydrogen) atoms. The first kappa shape index (κ1) is 9.65. The van der Waals surface area contributed by atoms with E-state index in [0.717, 1.165) is 18.0 Å². The molecule has 0 atom stereocenters. The fourth-order valence-corrected chi connectivity index (χ4v) is 1.04. The zero-order chi connectivity index (χ0) is 9.68. The van der Waals surface area contributed by atoms with Gasteiger partial charge in [-0.15, -0.1) is 0 Å². The summed E-state index contributed by atoms with van der Waals surface area (Å²) in [7, 11) is 1.67. The summed E-state index contributed by atoms with van der Waals surface area (Å²) in [6.45, 7) is 6.51. The van der Waals surface area contributed by atoms with Crippen LogP contribution in [0.2, 0.25) is 0 Å². The quantitative estimate of drug-likeness (QED) is 0.762. The Balaban J connectivity index is 2.61. The summed E-state index contributed by atoms with van der Waals surface area (Å²) in [6.07, 6.45) is 0. The van der Waals surface area contributed by atoms with Crippen LogP contribution in [0, 0.1) is 0 Å². The van der Waals surface area contributed by atoms with Crippen LogP contribution < -0.4 is 10.1 Å². The molecule has 0 aliphatic carbocycles. The van der Waals surface area contributed by atoms with E-state index in [4.69, 9.17) is 4.74 Å². The molecule has 0 amide bonds. The zero-order valence-electron chi connectivity index (χ0n) is 8.13. The first-order valence-electron chi connectivity index (χ1n) is 4.24. The second kappa shape index (κ2) is 4.55. The van der Waals surface area contributed by atoms with Crippen molar-refractivity contribution in [2.75, 3.05) is 7.11 Å². The minimum atomic E-state index is 0.798. The molecule has 1 aromatic rings. The average molecular weight is 177 g/mol. The molecule has 2 heteroatoms. The fraction of sp³-hybridized carbons (Fsp3) is 0.273. The van der Waals surface area contributed by atoms with Gasteiger partial charge in [0.1, 0.15) is 5.75 Å². The minimum absolute atomic E-state index is 0.798. The van der Waals surface area contributed by atoms with E-state index in [0.29, 0.717) is 0 Å². The van der Waals surface area contributed by atoms with Crippen LogP contribution in [-0.4, -0.2) is 7.11 Å². The molecule has 0 aromatic heterocycles. The van der Waals surface area contributed by atoms with Crippen molar-refractivity contribution in [3.63, 3.8) is 0 Å². The van der Waals surface area contributed by atoms with Gasteiger partial charge in [0.2, 0.25) is 0 Å². The smallest absolute Gasteiger partial charge is 0.119 e. The lowest BCUT2D eigenvalue weighted by Crippen LogP contribution is -2.09. The Bertz CT molecular complexity index is 294. The van der Waals surface area contributed by atoms with Crippen molar-refractivity contribution in [1.29, 1.82) is 0 Å². The van der Waals surface area contributed by atoms with Gasteiger partial charge in [0.25, 0.3) is 0 Å². The molecule has 70 valence electrons. The predicted molar refractivity (Wildman–Crippen MR) is 54.6 cm³/mol. The summed E-state index contributed by atoms with van der Waals surface area (Å²) in [5.41, 5.74) is 2.17. The van der Waals surface area contributed by atoms with Crippen molar-refractivity contribution >= 4 is 0 Å². The molecule has 0 aliphatic rings. The van der Waals surface area contributed by atoms with Crippen molar-refractivity contribution in [2.45, 2.75) is 13.5 Å². The van der Waals surface area contributed by atoms with Gasteiger partial charge in [-0.05, 0) is 24.6 Å². The molecule has 2 nitrogen and oxygen atoms in total. The van der Waals surface area contributed by atoms with Gasteiger partial charge in [-0.3, -0.25) is 0 Å². The predicted octanol–water partition coefficient (Wildman–Crippen LogP) is 2.32. The van der Waals surface area contributed by atoms with Crippen molar-refractivity contribution in [3.8, 4) is 5.75 Å². The third-order valence-corrected chi connectivity index (χ3v) is 1.73. The first-order valence-corrected chi connectivity index (χ1v) is 4.24. The van der Waals surface area contributed by atoms with Gasteiger partial charge in [0, 0.05) is 12.2 Å². The number of ether oxygens (including phenoxy) is 1. The molecule has 1 N–H and O–H groups in total. The molecule has 0 spiro atoms. The molecule has 0 aliphatic heterocycles. The molecule has 0 fully saturated rings. The third kappa shape index (κ3) is 3.20. The standard InChI is InChI=1S/C11H15NO/c1-9(2)12-8-10-5-4-6-11(7-10)13-3/h4-7,12H,1,8H2,2-3H3. The van der Waals surface area contributed by atoms with Crippen LogP contribution in [0.15, 0.2) is 36.5 Å². The SMILES string of the molecule is C=C(C)NCc1cccc(OC)c1. The highest BCUT2D eigenvalue weighted by Gasteiger charge is 1.94. The normalized spacial score (nSPS) is 9.38. The number of rotatable bonds is 4. The molecule has 1 rings (SSSR count). The van der Waals surface area contributed by atoms with E-state index in [9.17, 15) is 0 Å². The Labute approximate surface area is 79.2 Å². The van der Waals surface area contributed by atoms with Gasteiger partial charge in [-0.1, -0.05) is 18.7 Å². The highest BCUT2D eigenvalue weighted by Crippen LogP contribution is 2.12. The molecule has 0 bridgehead atoms. The Morgan fingerprint density at radius 2 is 2.31 bits per heavy atom. The van der Waals surface area contributed by atoms with E-state index in [-0.39, 0.29) is 0 Å². The van der Waals surface area contributed by atoms with Crippen molar-refractivity contribution in [1.82, 2.24) is 5.32 Å². The van der Waals surface area contributed by atoms with Gasteiger partial charge in [-0.25, -0.2) is 0 Å². The molecule has 0 unspecified atom stereocenters. The van der Waals surface area contributed by atoms with Gasteiger partial charge >= 0.3 is 0 Å². The second-order valence-electron chi connectivity index (χ2n) is 2.99. The van der Waals surface area contributed by atoms with Crippen LogP contribution >= 0.6 is 0 Å². The lowest BCUT2D eigenvalue weighted by atomic mass is 10.2. The maximum absolute atomic E-state index is 5.11. The minimum Gasteiger partial charge on any atom is -0.497 e. The third-order valence-electron chi connectivity index (χ3n) is 1.73. The van der Waals surface area contributed by atoms with E-state index in [1.165, 1.54) is 5.56 Å². The average Bonchev–Trinajstić information content (AvgIpc) is 2.15. The molecule has 0 radical (unpaired) electrons. The summed E-state index contributed by atoms with van der Waals surface area (Å²) in [4.78, 5) is 0. The van der Waals surface area contributed by atoms with E-state index in [2.05, 4.69) is 18.0 Å². The van der Waals surface area contributed by atoms with Crippen molar-refractivity contribution < 1.29 is 4.74 Å². The summed E-state index contributed by atoms with van der Waals surface area (Å²) < 4.78 is 5.11. The molecule has 0 saturated carbocycles. The number of allylic oxidation sites excluding steroid dienone is 1. The largest absolute Gasteiger partial charge is 0.497 e. The summed E-state index contributed by atoms with van der Waals surface area (Å²) >= 11 is 0. The van der Waals surface area contributed by atoms with E-state index in [1.54, 1.807) is 7.11 Å². The first-order chi connectivity index (χ1) is 6.22. The van der Waals surface area contributed by atoms with Gasteiger partial charge in [0.05, 0.1) is 7.11 Å². The topological polar surface area (TPSA) is 21.3 Å². The Morgan fingerprint density at radius 3 is 2.92 bits per heavy atom. The number of methoxy groups -OCH3 is 1. The van der Waals surface area contributed by atoms with E-state index >= 15 is 0 Å². The fourth-order valence-electron chi connectivity index (χ4n) is 1.04. The monoisotopic (exact) mass is 177 g/mol. The lowest BCUT2D eigenvalue weighted by molar-refractivity contribution is 0.414. The molecule has 1 aromatic carbocycles. The molecular weight excluding hydrogens is 162 g/mol. The van der Waals surface area contributed by atoms with Crippen LogP contribution in [0.25, 0.3) is 0 Å². The second-order valence-corrected chi connectivity index (χ2v) is 2.99. The number of benzene rings is 1. The van der Waals surface area contributed by atoms with Crippen LogP contribution in [0.4, 0.5) is 0 Å². The Morgan fingerprint density at radius 1 is 1.54 bits per heavy atom. The number of hydrogen-bond acceptors (Lipinski definition) is 2. The van der Waals surface area contributed by atoms with Gasteiger partial charge in [0.15, 0.2) is 0 Å². The van der Waals surface area contributed by atoms with Gasteiger partial charge < -0.3 is 10.1 Å². The van der Waals surface area contributed by atoms with Crippen LogP contribution in [0.3, 0.4) is 0 Å². The maximum atomic E-state index is 5.11. The summed E-state index contributed by atoms with van der Waals surface area (Å²) in [5.74, 6) is 0.890. The number of nitrogens with one attached hydrogen (secondary N) is 1. The van der Waals surface area contributed by atoms with Crippen LogP contribution in [-0.2, 0) is 6.54 Å². The number of hydrogen-bond donors (Lipinski definition) is 1. The summed E-state index contributed by atoms with van der Waals surface area (Å²) in [6, 6.07) is 7.98. The Kier molecular flexibility index (Phi) is 3.38. The molecular formula is C11H15NO.